The Balaban J connectivity index is 2.95. The Hall–Kier alpha value is -1.51. The van der Waals surface area contributed by atoms with Crippen molar-refractivity contribution >= 4 is 5.97 Å². The van der Waals surface area contributed by atoms with Gasteiger partial charge >= 0.3 is 5.97 Å². The maximum atomic E-state index is 10.6. The van der Waals surface area contributed by atoms with Crippen LogP contribution < -0.4 is 5.73 Å². The van der Waals surface area contributed by atoms with Crippen LogP contribution in [0.1, 0.15) is 13.3 Å². The molecule has 0 saturated carbocycles. The van der Waals surface area contributed by atoms with Gasteiger partial charge in [-0.25, -0.2) is 4.79 Å². The van der Waals surface area contributed by atoms with E-state index in [1.54, 1.807) is 6.08 Å². The second kappa shape index (κ2) is 3.26. The van der Waals surface area contributed by atoms with Crippen LogP contribution in [0.4, 0.5) is 0 Å². The molecule has 3 N–H and O–H groups in total. The van der Waals surface area contributed by atoms with Gasteiger partial charge in [0.1, 0.15) is 0 Å². The lowest BCUT2D eigenvalue weighted by molar-refractivity contribution is -0.132. The van der Waals surface area contributed by atoms with Crippen molar-refractivity contribution in [1.82, 2.24) is 0 Å². The van der Waals surface area contributed by atoms with Crippen molar-refractivity contribution in [3.8, 4) is 0 Å². The molecule has 0 saturated heterocycles. The minimum atomic E-state index is -0.959. The van der Waals surface area contributed by atoms with Crippen LogP contribution >= 0.6 is 0 Å². The minimum Gasteiger partial charge on any atom is -0.478 e. The molecule has 0 spiro atoms. The summed E-state index contributed by atoms with van der Waals surface area (Å²) in [5.41, 5.74) is 7.24. The first-order valence-corrected chi connectivity index (χ1v) is 3.70. The third-order valence-electron chi connectivity index (χ3n) is 1.81. The predicted molar refractivity (Wildman–Crippen MR) is 46.4 cm³/mol. The first-order valence-electron chi connectivity index (χ1n) is 3.70. The first kappa shape index (κ1) is 8.59. The summed E-state index contributed by atoms with van der Waals surface area (Å²) in [5.74, 6) is -0.959. The Labute approximate surface area is 70.9 Å². The molecule has 0 bridgehead atoms. The highest BCUT2D eigenvalue weighted by Gasteiger charge is 2.13. The molecule has 0 fully saturated rings. The Morgan fingerprint density at radius 2 is 2.33 bits per heavy atom. The second-order valence-electron chi connectivity index (χ2n) is 2.62. The van der Waals surface area contributed by atoms with Crippen molar-refractivity contribution in [2.24, 2.45) is 5.73 Å². The van der Waals surface area contributed by atoms with Crippen molar-refractivity contribution in [1.29, 1.82) is 0 Å². The van der Waals surface area contributed by atoms with E-state index in [9.17, 15) is 4.79 Å². The van der Waals surface area contributed by atoms with Crippen LogP contribution in [-0.4, -0.2) is 11.1 Å². The van der Waals surface area contributed by atoms with Gasteiger partial charge in [0.2, 0.25) is 0 Å². The van der Waals surface area contributed by atoms with Crippen LogP contribution in [0.25, 0.3) is 0 Å². The molecule has 0 aliphatic heterocycles. The predicted octanol–water partition coefficient (Wildman–Crippen LogP) is 1.19. The van der Waals surface area contributed by atoms with E-state index in [-0.39, 0.29) is 5.57 Å². The number of hydrogen-bond donors (Lipinski definition) is 2. The molecular weight excluding hydrogens is 154 g/mol. The Morgan fingerprint density at radius 1 is 1.67 bits per heavy atom. The molecule has 0 amide bonds. The normalized spacial score (nSPS) is 20.2. The number of carbonyl (C=O) groups is 1. The van der Waals surface area contributed by atoms with Crippen LogP contribution in [0, 0.1) is 0 Å². The fraction of sp³-hybridized carbons (Fsp3) is 0.222. The van der Waals surface area contributed by atoms with Crippen molar-refractivity contribution in [3.63, 3.8) is 0 Å². The molecule has 0 aromatic rings. The van der Waals surface area contributed by atoms with E-state index in [1.165, 1.54) is 6.08 Å². The van der Waals surface area contributed by atoms with Gasteiger partial charge in [-0.1, -0.05) is 12.2 Å². The van der Waals surface area contributed by atoms with E-state index in [1.807, 2.05) is 13.0 Å². The van der Waals surface area contributed by atoms with Gasteiger partial charge in [0.05, 0.1) is 5.57 Å². The zero-order chi connectivity index (χ0) is 9.14. The minimum absolute atomic E-state index is 0.209. The molecule has 12 heavy (non-hydrogen) atoms. The van der Waals surface area contributed by atoms with Crippen LogP contribution in [0.3, 0.4) is 0 Å². The quantitative estimate of drug-likeness (QED) is 0.613. The average molecular weight is 165 g/mol. The largest absolute Gasteiger partial charge is 0.478 e. The van der Waals surface area contributed by atoms with Crippen molar-refractivity contribution in [2.75, 3.05) is 0 Å². The summed E-state index contributed by atoms with van der Waals surface area (Å²) in [6, 6.07) is 0. The van der Waals surface area contributed by atoms with Gasteiger partial charge in [-0.05, 0) is 18.6 Å². The monoisotopic (exact) mass is 165 g/mol. The lowest BCUT2D eigenvalue weighted by atomic mass is 9.99. The third kappa shape index (κ3) is 1.56. The summed E-state index contributed by atoms with van der Waals surface area (Å²) >= 11 is 0. The SMILES string of the molecule is CC=C1C=CC(C(=O)O)=C(N)C1. The average Bonchev–Trinajstić information content (AvgIpc) is 2.03. The number of allylic oxidation sites excluding steroid dienone is 3. The second-order valence-corrected chi connectivity index (χ2v) is 2.62. The summed E-state index contributed by atoms with van der Waals surface area (Å²) in [4.78, 5) is 10.6. The standard InChI is InChI=1S/C9H11NO2/c1-2-6-3-4-7(9(11)12)8(10)5-6/h2-4H,5,10H2,1H3,(H,11,12). The van der Waals surface area contributed by atoms with Gasteiger partial charge in [-0.2, -0.15) is 0 Å². The molecule has 0 heterocycles. The molecule has 1 aliphatic carbocycles. The Bertz CT molecular complexity index is 298. The number of aliphatic carboxylic acids is 1. The van der Waals surface area contributed by atoms with Gasteiger partial charge in [-0.3, -0.25) is 0 Å². The summed E-state index contributed by atoms with van der Waals surface area (Å²) in [6.07, 6.45) is 5.77. The summed E-state index contributed by atoms with van der Waals surface area (Å²) < 4.78 is 0. The molecule has 64 valence electrons. The highest BCUT2D eigenvalue weighted by atomic mass is 16.4. The summed E-state index contributed by atoms with van der Waals surface area (Å²) in [7, 11) is 0. The highest BCUT2D eigenvalue weighted by Crippen LogP contribution is 2.19. The van der Waals surface area contributed by atoms with Crippen LogP contribution in [0.5, 0.6) is 0 Å². The molecule has 3 nitrogen and oxygen atoms in total. The van der Waals surface area contributed by atoms with Crippen molar-refractivity contribution in [2.45, 2.75) is 13.3 Å². The van der Waals surface area contributed by atoms with E-state index >= 15 is 0 Å². The fourth-order valence-corrected chi connectivity index (χ4v) is 1.08. The van der Waals surface area contributed by atoms with Crippen LogP contribution in [0.15, 0.2) is 35.1 Å². The lowest BCUT2D eigenvalue weighted by Gasteiger charge is -2.10. The molecule has 0 aromatic heterocycles. The van der Waals surface area contributed by atoms with Crippen molar-refractivity contribution < 1.29 is 9.90 Å². The molecular formula is C9H11NO2. The first-order chi connectivity index (χ1) is 5.65. The van der Waals surface area contributed by atoms with Gasteiger partial charge in [-0.15, -0.1) is 0 Å². The number of carboxylic acids is 1. The molecule has 1 aliphatic rings. The van der Waals surface area contributed by atoms with E-state index in [4.69, 9.17) is 10.8 Å². The smallest absolute Gasteiger partial charge is 0.337 e. The molecule has 0 radical (unpaired) electrons. The summed E-state index contributed by atoms with van der Waals surface area (Å²) in [6.45, 7) is 1.90. The van der Waals surface area contributed by atoms with E-state index in [0.717, 1.165) is 5.57 Å². The summed E-state index contributed by atoms with van der Waals surface area (Å²) in [5, 5.41) is 8.66. The maximum absolute atomic E-state index is 10.6. The van der Waals surface area contributed by atoms with E-state index < -0.39 is 5.97 Å². The number of nitrogens with two attached hydrogens (primary N) is 1. The molecule has 0 unspecified atom stereocenters. The van der Waals surface area contributed by atoms with Gasteiger partial charge in [0.25, 0.3) is 0 Å². The zero-order valence-electron chi connectivity index (χ0n) is 6.87. The fourth-order valence-electron chi connectivity index (χ4n) is 1.08. The third-order valence-corrected chi connectivity index (χ3v) is 1.81. The molecule has 0 aromatic carbocycles. The zero-order valence-corrected chi connectivity index (χ0v) is 6.87. The topological polar surface area (TPSA) is 63.3 Å². The lowest BCUT2D eigenvalue weighted by Crippen LogP contribution is -2.12. The number of carboxylic acid groups (broad SMARTS) is 1. The van der Waals surface area contributed by atoms with E-state index in [2.05, 4.69) is 0 Å². The van der Waals surface area contributed by atoms with Gasteiger partial charge in [0.15, 0.2) is 0 Å². The Morgan fingerprint density at radius 3 is 2.75 bits per heavy atom. The number of rotatable bonds is 1. The molecule has 1 rings (SSSR count). The molecule has 0 atom stereocenters. The van der Waals surface area contributed by atoms with Crippen molar-refractivity contribution in [3.05, 3.63) is 35.1 Å². The van der Waals surface area contributed by atoms with Gasteiger partial charge in [0, 0.05) is 12.1 Å². The highest BCUT2D eigenvalue weighted by molar-refractivity contribution is 5.91. The maximum Gasteiger partial charge on any atom is 0.337 e. The van der Waals surface area contributed by atoms with Gasteiger partial charge < -0.3 is 10.8 Å². The van der Waals surface area contributed by atoms with Crippen LogP contribution in [-0.2, 0) is 4.79 Å². The number of hydrogen-bond acceptors (Lipinski definition) is 2. The van der Waals surface area contributed by atoms with E-state index in [0.29, 0.717) is 12.1 Å². The van der Waals surface area contributed by atoms with Crippen LogP contribution in [0.2, 0.25) is 0 Å². The molecule has 3 heteroatoms. The Kier molecular flexibility index (Phi) is 2.33.